The first-order valence-corrected chi connectivity index (χ1v) is 6.39. The number of halogens is 5. The molecular weight excluding hydrogens is 263 g/mol. The monoisotopic (exact) mass is 276 g/mol. The molecule has 2 aliphatic rings. The Morgan fingerprint density at radius 3 is 2.37 bits per heavy atom. The van der Waals surface area contributed by atoms with Gasteiger partial charge in [0, 0.05) is 5.92 Å². The highest BCUT2D eigenvalue weighted by Gasteiger charge is 2.55. The van der Waals surface area contributed by atoms with Gasteiger partial charge in [-0.05, 0) is 29.9 Å². The van der Waals surface area contributed by atoms with Gasteiger partial charge in [-0.15, -0.1) is 0 Å². The number of hydrogen-bond donors (Lipinski definition) is 0. The minimum absolute atomic E-state index is 0.0548. The van der Waals surface area contributed by atoms with Gasteiger partial charge in [-0.25, -0.2) is 22.0 Å². The minimum atomic E-state index is -3.44. The fourth-order valence-electron chi connectivity index (χ4n) is 3.04. The van der Waals surface area contributed by atoms with E-state index >= 15 is 0 Å². The Labute approximate surface area is 107 Å². The summed E-state index contributed by atoms with van der Waals surface area (Å²) in [6, 6.07) is 0.748. The summed E-state index contributed by atoms with van der Waals surface area (Å²) in [6.45, 7) is 1.32. The molecule has 0 heterocycles. The number of alkyl halides is 2. The molecule has 1 fully saturated rings. The van der Waals surface area contributed by atoms with Crippen LogP contribution in [0.5, 0.6) is 0 Å². The molecule has 0 nitrogen and oxygen atoms in total. The maximum atomic E-state index is 14.1. The predicted octanol–water partition coefficient (Wildman–Crippen LogP) is 4.73. The van der Waals surface area contributed by atoms with E-state index < -0.39 is 40.8 Å². The third-order valence-electron chi connectivity index (χ3n) is 4.39. The number of hydrogen-bond acceptors (Lipinski definition) is 0. The van der Waals surface area contributed by atoms with Crippen LogP contribution in [-0.4, -0.2) is 0 Å². The molecule has 104 valence electrons. The summed E-state index contributed by atoms with van der Waals surface area (Å²) in [4.78, 5) is 0. The van der Waals surface area contributed by atoms with Crippen LogP contribution in [-0.2, 0) is 5.92 Å². The van der Waals surface area contributed by atoms with E-state index in [4.69, 9.17) is 0 Å². The average molecular weight is 276 g/mol. The summed E-state index contributed by atoms with van der Waals surface area (Å²) in [5, 5.41) is 0. The lowest BCUT2D eigenvalue weighted by Gasteiger charge is -2.20. The molecule has 2 unspecified atom stereocenters. The van der Waals surface area contributed by atoms with Gasteiger partial charge in [0.25, 0.3) is 5.92 Å². The van der Waals surface area contributed by atoms with Gasteiger partial charge in [-0.3, -0.25) is 0 Å². The molecule has 0 N–H and O–H groups in total. The molecule has 0 aromatic heterocycles. The van der Waals surface area contributed by atoms with E-state index in [1.807, 2.05) is 0 Å². The van der Waals surface area contributed by atoms with Crippen molar-refractivity contribution in [1.82, 2.24) is 0 Å². The molecule has 1 saturated carbocycles. The molecule has 1 aromatic carbocycles. The molecule has 1 aromatic rings. The fourth-order valence-corrected chi connectivity index (χ4v) is 3.04. The average Bonchev–Trinajstić information content (AvgIpc) is 3.12. The van der Waals surface area contributed by atoms with Crippen LogP contribution >= 0.6 is 0 Å². The van der Waals surface area contributed by atoms with Gasteiger partial charge < -0.3 is 0 Å². The molecule has 5 heteroatoms. The Bertz CT molecular complexity index is 533. The normalized spacial score (nSPS) is 28.5. The second kappa shape index (κ2) is 3.93. The van der Waals surface area contributed by atoms with Crippen molar-refractivity contribution in [1.29, 1.82) is 0 Å². The Balaban J connectivity index is 2.15. The van der Waals surface area contributed by atoms with E-state index in [1.54, 1.807) is 0 Å². The van der Waals surface area contributed by atoms with Crippen molar-refractivity contribution >= 4 is 0 Å². The predicted molar refractivity (Wildman–Crippen MR) is 59.5 cm³/mol. The highest BCUT2D eigenvalue weighted by atomic mass is 19.3. The maximum absolute atomic E-state index is 14.1. The topological polar surface area (TPSA) is 0 Å². The second-order valence-corrected chi connectivity index (χ2v) is 5.65. The Kier molecular flexibility index (Phi) is 2.67. The molecule has 19 heavy (non-hydrogen) atoms. The smallest absolute Gasteiger partial charge is 0.204 e. The lowest BCUT2D eigenvalue weighted by Crippen LogP contribution is -2.21. The van der Waals surface area contributed by atoms with Crippen molar-refractivity contribution in [2.24, 2.45) is 11.8 Å². The van der Waals surface area contributed by atoms with E-state index in [0.717, 1.165) is 18.9 Å². The van der Waals surface area contributed by atoms with Crippen molar-refractivity contribution in [2.45, 2.75) is 38.0 Å². The Morgan fingerprint density at radius 2 is 1.79 bits per heavy atom. The molecule has 0 radical (unpaired) electrons. The fraction of sp³-hybridized carbons (Fsp3) is 0.571. The van der Waals surface area contributed by atoms with Gasteiger partial charge in [-0.2, -0.15) is 0 Å². The quantitative estimate of drug-likeness (QED) is 0.541. The van der Waals surface area contributed by atoms with E-state index in [-0.39, 0.29) is 5.56 Å². The van der Waals surface area contributed by atoms with E-state index in [0.29, 0.717) is 12.3 Å². The van der Waals surface area contributed by atoms with Crippen LogP contribution < -0.4 is 0 Å². The lowest BCUT2D eigenvalue weighted by atomic mass is 9.88. The minimum Gasteiger partial charge on any atom is -0.204 e. The Morgan fingerprint density at radius 1 is 1.16 bits per heavy atom. The molecule has 0 bridgehead atoms. The summed E-state index contributed by atoms with van der Waals surface area (Å²) in [5.74, 6) is -9.73. The van der Waals surface area contributed by atoms with Crippen molar-refractivity contribution in [2.75, 3.05) is 0 Å². The van der Waals surface area contributed by atoms with Crippen LogP contribution in [0.4, 0.5) is 22.0 Å². The van der Waals surface area contributed by atoms with E-state index in [1.165, 1.54) is 6.92 Å². The maximum Gasteiger partial charge on any atom is 0.279 e. The first-order valence-electron chi connectivity index (χ1n) is 6.39. The van der Waals surface area contributed by atoms with Gasteiger partial charge in [0.15, 0.2) is 17.5 Å². The zero-order valence-corrected chi connectivity index (χ0v) is 10.3. The Hall–Kier alpha value is -1.13. The van der Waals surface area contributed by atoms with Crippen LogP contribution in [0.15, 0.2) is 6.07 Å². The number of rotatable bonds is 2. The molecule has 2 aliphatic carbocycles. The van der Waals surface area contributed by atoms with Crippen molar-refractivity contribution in [3.05, 3.63) is 34.6 Å². The number of fused-ring (bicyclic) bond motifs is 1. The van der Waals surface area contributed by atoms with Crippen LogP contribution in [0.25, 0.3) is 0 Å². The summed E-state index contributed by atoms with van der Waals surface area (Å²) >= 11 is 0. The summed E-state index contributed by atoms with van der Waals surface area (Å²) in [7, 11) is 0. The number of benzene rings is 1. The second-order valence-electron chi connectivity index (χ2n) is 5.65. The van der Waals surface area contributed by atoms with Gasteiger partial charge in [0.05, 0.1) is 5.56 Å². The van der Waals surface area contributed by atoms with Crippen molar-refractivity contribution in [3.8, 4) is 0 Å². The molecule has 3 rings (SSSR count). The summed E-state index contributed by atoms with van der Waals surface area (Å²) in [5.41, 5.74) is -0.995. The van der Waals surface area contributed by atoms with Gasteiger partial charge in [0.2, 0.25) is 0 Å². The largest absolute Gasteiger partial charge is 0.279 e. The van der Waals surface area contributed by atoms with Crippen LogP contribution in [0.1, 0.15) is 43.2 Å². The molecule has 0 aliphatic heterocycles. The van der Waals surface area contributed by atoms with Gasteiger partial charge in [0.1, 0.15) is 0 Å². The van der Waals surface area contributed by atoms with Gasteiger partial charge in [-0.1, -0.05) is 19.8 Å². The first kappa shape index (κ1) is 12.9. The summed E-state index contributed by atoms with van der Waals surface area (Å²) in [6.07, 6.45) is 2.43. The molecule has 0 saturated heterocycles. The van der Waals surface area contributed by atoms with Crippen LogP contribution in [0, 0.1) is 29.3 Å². The molecular formula is C14H13F5. The van der Waals surface area contributed by atoms with Crippen molar-refractivity contribution in [3.63, 3.8) is 0 Å². The first-order chi connectivity index (χ1) is 8.84. The van der Waals surface area contributed by atoms with E-state index in [9.17, 15) is 22.0 Å². The third kappa shape index (κ3) is 1.77. The zero-order chi connectivity index (χ0) is 13.9. The molecule has 0 spiro atoms. The van der Waals surface area contributed by atoms with Crippen molar-refractivity contribution < 1.29 is 22.0 Å². The van der Waals surface area contributed by atoms with Crippen LogP contribution in [0.3, 0.4) is 0 Å². The van der Waals surface area contributed by atoms with Gasteiger partial charge >= 0.3 is 0 Å². The third-order valence-corrected chi connectivity index (χ3v) is 4.39. The molecule has 0 amide bonds. The lowest BCUT2D eigenvalue weighted by molar-refractivity contribution is -0.0566. The highest BCUT2D eigenvalue weighted by Crippen LogP contribution is 2.57. The highest BCUT2D eigenvalue weighted by molar-refractivity contribution is 5.42. The SMILES string of the molecule is CC1C(CC2CC2)c2cc(F)c(F)c(F)c2C1(F)F. The van der Waals surface area contributed by atoms with E-state index in [2.05, 4.69) is 0 Å². The zero-order valence-electron chi connectivity index (χ0n) is 10.3. The standard InChI is InChI=1S/C14H13F5/c1-6-8(4-7-2-3-7)9-5-10(15)12(16)13(17)11(9)14(6,18)19/h5-8H,2-4H2,1H3. The summed E-state index contributed by atoms with van der Waals surface area (Å²) < 4.78 is 68.3. The van der Waals surface area contributed by atoms with Crippen LogP contribution in [0.2, 0.25) is 0 Å². The molecule has 2 atom stereocenters.